The summed E-state index contributed by atoms with van der Waals surface area (Å²) in [6.45, 7) is 4.27. The number of ether oxygens (including phenoxy) is 1. The number of halogens is 1. The standard InChI is InChI=1S/C12H21IO2/c1-3-12(4-2,15-11(13)14)10-8-6-5-7-9-10/h10H,3-9H2,1-2H3. The molecule has 1 aliphatic rings. The van der Waals surface area contributed by atoms with E-state index in [4.69, 9.17) is 4.74 Å². The van der Waals surface area contributed by atoms with Gasteiger partial charge >= 0.3 is 3.98 Å². The molecule has 0 N–H and O–H groups in total. The Morgan fingerprint density at radius 3 is 2.20 bits per heavy atom. The number of rotatable bonds is 4. The summed E-state index contributed by atoms with van der Waals surface area (Å²) in [6.07, 6.45) is 8.29. The molecule has 0 aromatic carbocycles. The zero-order chi connectivity index (χ0) is 11.3. The SMILES string of the molecule is CCC(CC)(OC(=O)I)C1CCCCC1. The third kappa shape index (κ3) is 3.33. The van der Waals surface area contributed by atoms with Gasteiger partial charge in [0.25, 0.3) is 0 Å². The second-order valence-corrected chi connectivity index (χ2v) is 5.33. The van der Waals surface area contributed by atoms with Gasteiger partial charge in [-0.25, -0.2) is 4.79 Å². The van der Waals surface area contributed by atoms with Gasteiger partial charge in [-0.15, -0.1) is 0 Å². The first-order valence-electron chi connectivity index (χ1n) is 6.03. The van der Waals surface area contributed by atoms with Crippen molar-refractivity contribution in [3.05, 3.63) is 0 Å². The van der Waals surface area contributed by atoms with Crippen LogP contribution in [0.15, 0.2) is 0 Å². The highest BCUT2D eigenvalue weighted by Gasteiger charge is 2.39. The molecule has 0 amide bonds. The van der Waals surface area contributed by atoms with Gasteiger partial charge in [-0.3, -0.25) is 0 Å². The molecule has 0 bridgehead atoms. The second-order valence-electron chi connectivity index (χ2n) is 4.45. The third-order valence-electron chi connectivity index (χ3n) is 3.83. The van der Waals surface area contributed by atoms with Crippen molar-refractivity contribution >= 4 is 26.6 Å². The number of hydrogen-bond donors (Lipinski definition) is 0. The zero-order valence-corrected chi connectivity index (χ0v) is 11.9. The van der Waals surface area contributed by atoms with Crippen LogP contribution in [0.4, 0.5) is 4.79 Å². The van der Waals surface area contributed by atoms with Crippen LogP contribution >= 0.6 is 22.6 Å². The third-order valence-corrected chi connectivity index (χ3v) is 4.05. The van der Waals surface area contributed by atoms with Crippen LogP contribution in [0.25, 0.3) is 0 Å². The Labute approximate surface area is 106 Å². The zero-order valence-electron chi connectivity index (χ0n) is 9.72. The average Bonchev–Trinajstić information content (AvgIpc) is 2.27. The second kappa shape index (κ2) is 6.06. The van der Waals surface area contributed by atoms with Crippen molar-refractivity contribution in [1.29, 1.82) is 0 Å². The Bertz CT molecular complexity index is 206. The summed E-state index contributed by atoms with van der Waals surface area (Å²) in [6, 6.07) is 0. The summed E-state index contributed by atoms with van der Waals surface area (Å²) in [5.74, 6) is 0.583. The lowest BCUT2D eigenvalue weighted by molar-refractivity contribution is -0.0395. The summed E-state index contributed by atoms with van der Waals surface area (Å²) < 4.78 is 5.47. The van der Waals surface area contributed by atoms with Crippen molar-refractivity contribution in [3.63, 3.8) is 0 Å². The molecule has 2 nitrogen and oxygen atoms in total. The Balaban J connectivity index is 2.72. The van der Waals surface area contributed by atoms with Gasteiger partial charge < -0.3 is 4.74 Å². The number of carbonyl (C=O) groups is 1. The lowest BCUT2D eigenvalue weighted by Crippen LogP contribution is -2.41. The van der Waals surface area contributed by atoms with E-state index < -0.39 is 0 Å². The monoisotopic (exact) mass is 324 g/mol. The average molecular weight is 324 g/mol. The first-order chi connectivity index (χ1) is 7.14. The van der Waals surface area contributed by atoms with Crippen molar-refractivity contribution in [3.8, 4) is 0 Å². The van der Waals surface area contributed by atoms with E-state index in [1.54, 1.807) is 22.6 Å². The first kappa shape index (κ1) is 13.3. The molecule has 1 rings (SSSR count). The number of hydrogen-bond acceptors (Lipinski definition) is 2. The molecule has 1 saturated carbocycles. The molecule has 1 fully saturated rings. The van der Waals surface area contributed by atoms with Gasteiger partial charge in [0, 0.05) is 0 Å². The fourth-order valence-corrected chi connectivity index (χ4v) is 3.28. The Hall–Kier alpha value is 0.200. The molecule has 0 aromatic rings. The molecule has 0 atom stereocenters. The van der Waals surface area contributed by atoms with Gasteiger partial charge in [-0.05, 0) is 31.6 Å². The fraction of sp³-hybridized carbons (Fsp3) is 0.917. The molecule has 0 aliphatic heterocycles. The van der Waals surface area contributed by atoms with Crippen molar-refractivity contribution in [1.82, 2.24) is 0 Å². The molecular weight excluding hydrogens is 303 g/mol. The van der Waals surface area contributed by atoms with Gasteiger partial charge in [0.05, 0.1) is 22.6 Å². The van der Waals surface area contributed by atoms with Crippen LogP contribution in [0.2, 0.25) is 0 Å². The molecule has 0 unspecified atom stereocenters. The minimum atomic E-state index is -0.182. The summed E-state index contributed by atoms with van der Waals surface area (Å²) >= 11 is 1.75. The van der Waals surface area contributed by atoms with Crippen LogP contribution in [0.1, 0.15) is 58.8 Å². The van der Waals surface area contributed by atoms with E-state index in [-0.39, 0.29) is 9.58 Å². The van der Waals surface area contributed by atoms with Crippen LogP contribution < -0.4 is 0 Å². The molecule has 0 heterocycles. The highest BCUT2D eigenvalue weighted by atomic mass is 127. The topological polar surface area (TPSA) is 26.3 Å². The fourth-order valence-electron chi connectivity index (χ4n) is 2.84. The van der Waals surface area contributed by atoms with Crippen molar-refractivity contribution < 1.29 is 9.53 Å². The predicted molar refractivity (Wildman–Crippen MR) is 70.4 cm³/mol. The molecular formula is C12H21IO2. The number of carbonyl (C=O) groups excluding carboxylic acids is 1. The van der Waals surface area contributed by atoms with Crippen LogP contribution in [0.3, 0.4) is 0 Å². The van der Waals surface area contributed by atoms with Crippen molar-refractivity contribution in [2.24, 2.45) is 5.92 Å². The summed E-state index contributed by atoms with van der Waals surface area (Å²) in [4.78, 5) is 11.2. The molecule has 1 aliphatic carbocycles. The van der Waals surface area contributed by atoms with E-state index in [2.05, 4.69) is 13.8 Å². The lowest BCUT2D eigenvalue weighted by atomic mass is 9.74. The first-order valence-corrected chi connectivity index (χ1v) is 7.11. The van der Waals surface area contributed by atoms with Gasteiger partial charge in [0.15, 0.2) is 0 Å². The molecule has 3 heteroatoms. The molecule has 0 saturated heterocycles. The molecule has 0 aromatic heterocycles. The highest BCUT2D eigenvalue weighted by Crippen LogP contribution is 2.40. The summed E-state index contributed by atoms with van der Waals surface area (Å²) in [5, 5.41) is 0. The normalized spacial score (nSPS) is 18.9. The summed E-state index contributed by atoms with van der Waals surface area (Å²) in [7, 11) is 0. The summed E-state index contributed by atoms with van der Waals surface area (Å²) in [5.41, 5.74) is -0.182. The maximum absolute atomic E-state index is 11.2. The van der Waals surface area contributed by atoms with E-state index in [0.717, 1.165) is 12.8 Å². The van der Waals surface area contributed by atoms with Crippen LogP contribution in [-0.2, 0) is 4.74 Å². The minimum Gasteiger partial charge on any atom is -0.451 e. The smallest absolute Gasteiger partial charge is 0.367 e. The molecule has 15 heavy (non-hydrogen) atoms. The minimum absolute atomic E-state index is 0.151. The molecule has 88 valence electrons. The molecule has 0 spiro atoms. The maximum Gasteiger partial charge on any atom is 0.367 e. The van der Waals surface area contributed by atoms with E-state index in [0.29, 0.717) is 5.92 Å². The van der Waals surface area contributed by atoms with Crippen LogP contribution in [0, 0.1) is 5.92 Å². The van der Waals surface area contributed by atoms with Gasteiger partial charge in [0.1, 0.15) is 5.60 Å². The van der Waals surface area contributed by atoms with Gasteiger partial charge in [-0.2, -0.15) is 0 Å². The Morgan fingerprint density at radius 1 is 1.27 bits per heavy atom. The van der Waals surface area contributed by atoms with Crippen molar-refractivity contribution in [2.45, 2.75) is 64.4 Å². The van der Waals surface area contributed by atoms with Gasteiger partial charge in [-0.1, -0.05) is 33.1 Å². The Kier molecular flexibility index (Phi) is 5.36. The Morgan fingerprint density at radius 2 is 1.80 bits per heavy atom. The van der Waals surface area contributed by atoms with Crippen LogP contribution in [-0.4, -0.2) is 9.58 Å². The van der Waals surface area contributed by atoms with E-state index in [1.165, 1.54) is 32.1 Å². The quantitative estimate of drug-likeness (QED) is 0.553. The van der Waals surface area contributed by atoms with Crippen molar-refractivity contribution in [2.75, 3.05) is 0 Å². The largest absolute Gasteiger partial charge is 0.451 e. The predicted octanol–water partition coefficient (Wildman–Crippen LogP) is 4.70. The van der Waals surface area contributed by atoms with E-state index in [9.17, 15) is 4.79 Å². The highest BCUT2D eigenvalue weighted by molar-refractivity contribution is 14.1. The lowest BCUT2D eigenvalue weighted by Gasteiger charge is -2.40. The van der Waals surface area contributed by atoms with Gasteiger partial charge in [0.2, 0.25) is 0 Å². The maximum atomic E-state index is 11.2. The van der Waals surface area contributed by atoms with E-state index >= 15 is 0 Å². The van der Waals surface area contributed by atoms with E-state index in [1.807, 2.05) is 0 Å². The van der Waals surface area contributed by atoms with Crippen LogP contribution in [0.5, 0.6) is 0 Å². The molecule has 0 radical (unpaired) electrons.